The van der Waals surface area contributed by atoms with Crippen LogP contribution in [0.3, 0.4) is 0 Å². The number of likely N-dealkylation sites (tertiary alicyclic amines) is 2. The Morgan fingerprint density at radius 2 is 1.54 bits per heavy atom. The largest absolute Gasteiger partial charge is 0.479 e. The Kier molecular flexibility index (Phi) is 5.73. The summed E-state index contributed by atoms with van der Waals surface area (Å²) in [6, 6.07) is 0.0354. The molecule has 0 aromatic rings. The van der Waals surface area contributed by atoms with E-state index in [0.717, 1.165) is 58.0 Å². The summed E-state index contributed by atoms with van der Waals surface area (Å²) in [6.07, 6.45) is 7.37. The van der Waals surface area contributed by atoms with Crippen LogP contribution in [0.5, 0.6) is 0 Å². The smallest absolute Gasteiger partial charge is 0.329 e. The quantitative estimate of drug-likeness (QED) is 0.831. The number of carboxylic acids is 1. The van der Waals surface area contributed by atoms with Crippen molar-refractivity contribution in [2.45, 2.75) is 63.3 Å². The van der Waals surface area contributed by atoms with Crippen molar-refractivity contribution in [2.75, 3.05) is 33.2 Å². The van der Waals surface area contributed by atoms with Crippen LogP contribution >= 0.6 is 0 Å². The summed E-state index contributed by atoms with van der Waals surface area (Å²) in [5.74, 6) is -1.31. The van der Waals surface area contributed by atoms with Gasteiger partial charge in [-0.3, -0.25) is 4.79 Å². The van der Waals surface area contributed by atoms with Gasteiger partial charge in [0.05, 0.1) is 5.92 Å². The van der Waals surface area contributed by atoms with Crippen LogP contribution in [0.1, 0.15) is 57.8 Å². The van der Waals surface area contributed by atoms with E-state index in [-0.39, 0.29) is 17.9 Å². The van der Waals surface area contributed by atoms with Gasteiger partial charge >= 0.3 is 12.0 Å². The van der Waals surface area contributed by atoms with E-state index in [9.17, 15) is 19.5 Å². The predicted molar refractivity (Wildman–Crippen MR) is 96.7 cm³/mol. The molecule has 1 saturated carbocycles. The Morgan fingerprint density at radius 3 is 2.15 bits per heavy atom. The molecule has 3 fully saturated rings. The number of nitrogens with zero attached hydrogens (tertiary/aromatic N) is 3. The standard InChI is InChI=1S/C19H31N3O4/c1-20(19(17(24)25)9-3-2-4-10-19)16(23)15-8-7-13-22(14-15)18(26)21-11-5-6-12-21/h15H,2-14H2,1H3,(H,24,25). The second-order valence-electron chi connectivity index (χ2n) is 8.06. The van der Waals surface area contributed by atoms with E-state index in [4.69, 9.17) is 0 Å². The lowest BCUT2D eigenvalue weighted by Crippen LogP contribution is -2.59. The molecule has 1 N–H and O–H groups in total. The summed E-state index contributed by atoms with van der Waals surface area (Å²) in [4.78, 5) is 42.9. The molecule has 3 aliphatic rings. The summed E-state index contributed by atoms with van der Waals surface area (Å²) in [5.41, 5.74) is -1.07. The molecule has 2 heterocycles. The first kappa shape index (κ1) is 19.0. The molecule has 2 aliphatic heterocycles. The zero-order chi connectivity index (χ0) is 18.7. The zero-order valence-corrected chi connectivity index (χ0v) is 15.8. The second kappa shape index (κ2) is 7.84. The Morgan fingerprint density at radius 1 is 0.923 bits per heavy atom. The van der Waals surface area contributed by atoms with Gasteiger partial charge in [-0.1, -0.05) is 19.3 Å². The number of hydrogen-bond acceptors (Lipinski definition) is 3. The molecule has 26 heavy (non-hydrogen) atoms. The SMILES string of the molecule is CN(C(=O)C1CCCN(C(=O)N2CCCC2)C1)C1(C(=O)O)CCCCC1. The van der Waals surface area contributed by atoms with E-state index in [1.165, 1.54) is 4.90 Å². The molecule has 0 aromatic carbocycles. The molecular formula is C19H31N3O4. The summed E-state index contributed by atoms with van der Waals surface area (Å²) < 4.78 is 0. The van der Waals surface area contributed by atoms with Gasteiger partial charge in [-0.2, -0.15) is 0 Å². The number of carbonyl (C=O) groups is 3. The molecule has 1 atom stereocenters. The Hall–Kier alpha value is -1.79. The maximum atomic E-state index is 13.1. The van der Waals surface area contributed by atoms with Crippen molar-refractivity contribution in [3.63, 3.8) is 0 Å². The molecule has 2 saturated heterocycles. The van der Waals surface area contributed by atoms with Crippen molar-refractivity contribution < 1.29 is 19.5 Å². The lowest BCUT2D eigenvalue weighted by molar-refractivity contribution is -0.162. The summed E-state index contributed by atoms with van der Waals surface area (Å²) in [7, 11) is 1.64. The lowest BCUT2D eigenvalue weighted by Gasteiger charge is -2.43. The first-order chi connectivity index (χ1) is 12.5. The van der Waals surface area contributed by atoms with Gasteiger partial charge in [0.25, 0.3) is 0 Å². The van der Waals surface area contributed by atoms with Crippen molar-refractivity contribution >= 4 is 17.9 Å². The van der Waals surface area contributed by atoms with Gasteiger partial charge in [0.1, 0.15) is 5.54 Å². The van der Waals surface area contributed by atoms with E-state index in [0.29, 0.717) is 25.9 Å². The fourth-order valence-electron chi connectivity index (χ4n) is 4.78. The van der Waals surface area contributed by atoms with Gasteiger partial charge in [-0.25, -0.2) is 9.59 Å². The average molecular weight is 365 g/mol. The number of hydrogen-bond donors (Lipinski definition) is 1. The number of piperidine rings is 1. The Balaban J connectivity index is 1.67. The van der Waals surface area contributed by atoms with Crippen LogP contribution in [0.25, 0.3) is 0 Å². The van der Waals surface area contributed by atoms with Crippen LogP contribution in [0, 0.1) is 5.92 Å². The van der Waals surface area contributed by atoms with Gasteiger partial charge in [-0.05, 0) is 38.5 Å². The van der Waals surface area contributed by atoms with Gasteiger partial charge in [0.15, 0.2) is 0 Å². The van der Waals surface area contributed by atoms with Crippen molar-refractivity contribution in [3.8, 4) is 0 Å². The topological polar surface area (TPSA) is 81.2 Å². The van der Waals surface area contributed by atoms with Crippen LogP contribution < -0.4 is 0 Å². The third-order valence-electron chi connectivity index (χ3n) is 6.47. The fraction of sp³-hybridized carbons (Fsp3) is 0.842. The molecule has 0 radical (unpaired) electrons. The highest BCUT2D eigenvalue weighted by atomic mass is 16.4. The number of carbonyl (C=O) groups excluding carboxylic acids is 2. The molecule has 3 rings (SSSR count). The minimum absolute atomic E-state index is 0.0354. The number of amides is 3. The Labute approximate surface area is 155 Å². The van der Waals surface area contributed by atoms with Crippen molar-refractivity contribution in [3.05, 3.63) is 0 Å². The number of likely N-dealkylation sites (N-methyl/N-ethyl adjacent to an activating group) is 1. The molecule has 1 unspecified atom stereocenters. The second-order valence-corrected chi connectivity index (χ2v) is 8.06. The highest BCUT2D eigenvalue weighted by molar-refractivity contribution is 5.88. The van der Waals surface area contributed by atoms with Crippen LogP contribution in [0.2, 0.25) is 0 Å². The number of urea groups is 1. The van der Waals surface area contributed by atoms with E-state index in [1.807, 2.05) is 4.90 Å². The number of aliphatic carboxylic acids is 1. The van der Waals surface area contributed by atoms with Crippen LogP contribution in [-0.4, -0.2) is 76.5 Å². The monoisotopic (exact) mass is 365 g/mol. The van der Waals surface area contributed by atoms with Crippen LogP contribution in [0.4, 0.5) is 4.79 Å². The first-order valence-corrected chi connectivity index (χ1v) is 10.0. The molecule has 146 valence electrons. The zero-order valence-electron chi connectivity index (χ0n) is 15.8. The van der Waals surface area contributed by atoms with Crippen molar-refractivity contribution in [2.24, 2.45) is 5.92 Å². The number of rotatable bonds is 3. The van der Waals surface area contributed by atoms with Crippen LogP contribution in [0.15, 0.2) is 0 Å². The molecule has 0 aromatic heterocycles. The molecule has 7 heteroatoms. The molecular weight excluding hydrogens is 334 g/mol. The normalized spacial score (nSPS) is 25.8. The number of carboxylic acid groups (broad SMARTS) is 1. The summed E-state index contributed by atoms with van der Waals surface area (Å²) in [5, 5.41) is 9.83. The van der Waals surface area contributed by atoms with Crippen LogP contribution in [-0.2, 0) is 9.59 Å². The average Bonchev–Trinajstić information content (AvgIpc) is 3.21. The third kappa shape index (κ3) is 3.53. The highest BCUT2D eigenvalue weighted by Gasteiger charge is 2.47. The van der Waals surface area contributed by atoms with E-state index in [2.05, 4.69) is 0 Å². The van der Waals surface area contributed by atoms with E-state index >= 15 is 0 Å². The van der Waals surface area contributed by atoms with Gasteiger partial charge < -0.3 is 19.8 Å². The van der Waals surface area contributed by atoms with Gasteiger partial charge in [0, 0.05) is 33.2 Å². The Bertz CT molecular complexity index is 553. The maximum Gasteiger partial charge on any atom is 0.329 e. The summed E-state index contributed by atoms with van der Waals surface area (Å²) >= 11 is 0. The highest BCUT2D eigenvalue weighted by Crippen LogP contribution is 2.35. The maximum absolute atomic E-state index is 13.1. The first-order valence-electron chi connectivity index (χ1n) is 10.0. The molecule has 3 amide bonds. The fourth-order valence-corrected chi connectivity index (χ4v) is 4.78. The molecule has 1 aliphatic carbocycles. The lowest BCUT2D eigenvalue weighted by atomic mass is 9.79. The molecule has 7 nitrogen and oxygen atoms in total. The minimum atomic E-state index is -1.07. The molecule has 0 spiro atoms. The third-order valence-corrected chi connectivity index (χ3v) is 6.47. The predicted octanol–water partition coefficient (Wildman–Crippen LogP) is 2.16. The van der Waals surface area contributed by atoms with E-state index < -0.39 is 11.5 Å². The summed E-state index contributed by atoms with van der Waals surface area (Å²) in [6.45, 7) is 2.70. The van der Waals surface area contributed by atoms with Crippen molar-refractivity contribution in [1.82, 2.24) is 14.7 Å². The molecule has 0 bridgehead atoms. The van der Waals surface area contributed by atoms with Crippen molar-refractivity contribution in [1.29, 1.82) is 0 Å². The van der Waals surface area contributed by atoms with Gasteiger partial charge in [0.2, 0.25) is 5.91 Å². The van der Waals surface area contributed by atoms with Gasteiger partial charge in [-0.15, -0.1) is 0 Å². The van der Waals surface area contributed by atoms with E-state index in [1.54, 1.807) is 11.9 Å². The minimum Gasteiger partial charge on any atom is -0.479 e.